The van der Waals surface area contributed by atoms with Crippen LogP contribution in [0.1, 0.15) is 35.8 Å². The first kappa shape index (κ1) is 16.6. The Morgan fingerprint density at radius 2 is 2.41 bits per heavy atom. The predicted molar refractivity (Wildman–Crippen MR) is 82.9 cm³/mol. The fourth-order valence-corrected chi connectivity index (χ4v) is 2.65. The molecule has 0 bridgehead atoms. The molecule has 0 amide bonds. The minimum atomic E-state index is -0.390. The van der Waals surface area contributed by atoms with Crippen LogP contribution in [0, 0.1) is 6.92 Å². The van der Waals surface area contributed by atoms with E-state index in [1.165, 1.54) is 6.20 Å². The van der Waals surface area contributed by atoms with Crippen LogP contribution in [0.4, 0.5) is 5.95 Å². The second-order valence-electron chi connectivity index (χ2n) is 5.42. The summed E-state index contributed by atoms with van der Waals surface area (Å²) in [5, 5.41) is 12.3. The van der Waals surface area contributed by atoms with Crippen LogP contribution in [0.25, 0.3) is 0 Å². The summed E-state index contributed by atoms with van der Waals surface area (Å²) in [6, 6.07) is 0.258. The zero-order chi connectivity index (χ0) is 15.9. The number of hydrogen-bond donors (Lipinski definition) is 2. The molecule has 0 radical (unpaired) electrons. The molecule has 122 valence electrons. The Bertz CT molecular complexity index is 508. The number of piperidine rings is 1. The van der Waals surface area contributed by atoms with Gasteiger partial charge in [-0.05, 0) is 33.2 Å². The molecule has 1 aliphatic heterocycles. The van der Waals surface area contributed by atoms with Gasteiger partial charge in [0.15, 0.2) is 0 Å². The topological polar surface area (TPSA) is 87.6 Å². The number of likely N-dealkylation sites (tertiary alicyclic amines) is 1. The lowest BCUT2D eigenvalue weighted by Gasteiger charge is -2.32. The zero-order valence-electron chi connectivity index (χ0n) is 13.2. The van der Waals surface area contributed by atoms with E-state index in [0.717, 1.165) is 25.9 Å². The van der Waals surface area contributed by atoms with E-state index in [-0.39, 0.29) is 12.6 Å². The van der Waals surface area contributed by atoms with E-state index < -0.39 is 5.97 Å². The van der Waals surface area contributed by atoms with Crippen LogP contribution in [-0.2, 0) is 4.74 Å². The summed E-state index contributed by atoms with van der Waals surface area (Å²) in [6.07, 6.45) is 3.64. The normalized spacial score (nSPS) is 19.0. The molecule has 0 spiro atoms. The maximum absolute atomic E-state index is 11.7. The van der Waals surface area contributed by atoms with E-state index in [4.69, 9.17) is 9.84 Å². The third-order valence-corrected chi connectivity index (χ3v) is 3.73. The Morgan fingerprint density at radius 3 is 3.09 bits per heavy atom. The molecule has 7 nitrogen and oxygen atoms in total. The van der Waals surface area contributed by atoms with Crippen molar-refractivity contribution in [2.24, 2.45) is 0 Å². The van der Waals surface area contributed by atoms with Crippen molar-refractivity contribution in [3.05, 3.63) is 17.5 Å². The monoisotopic (exact) mass is 308 g/mol. The van der Waals surface area contributed by atoms with E-state index >= 15 is 0 Å². The van der Waals surface area contributed by atoms with Crippen molar-refractivity contribution in [1.82, 2.24) is 14.9 Å². The number of hydrogen-bond acceptors (Lipinski definition) is 7. The molecule has 1 unspecified atom stereocenters. The summed E-state index contributed by atoms with van der Waals surface area (Å²) < 4.78 is 4.97. The number of nitrogens with one attached hydrogen (secondary N) is 1. The number of aliphatic hydroxyl groups excluding tert-OH is 1. The van der Waals surface area contributed by atoms with Crippen LogP contribution in [0.3, 0.4) is 0 Å². The number of rotatable bonds is 6. The maximum atomic E-state index is 11.7. The fourth-order valence-electron chi connectivity index (χ4n) is 2.65. The number of nitrogens with zero attached hydrogens (tertiary/aromatic N) is 3. The van der Waals surface area contributed by atoms with Gasteiger partial charge in [0.2, 0.25) is 5.95 Å². The molecule has 0 aliphatic carbocycles. The van der Waals surface area contributed by atoms with Crippen LogP contribution in [0.15, 0.2) is 6.20 Å². The molecule has 1 aromatic heterocycles. The molecule has 0 aromatic carbocycles. The van der Waals surface area contributed by atoms with Crippen molar-refractivity contribution < 1.29 is 14.6 Å². The number of ether oxygens (including phenoxy) is 1. The van der Waals surface area contributed by atoms with E-state index in [1.807, 2.05) is 0 Å². The summed E-state index contributed by atoms with van der Waals surface area (Å²) in [7, 11) is 0. The van der Waals surface area contributed by atoms with Crippen molar-refractivity contribution in [2.45, 2.75) is 32.7 Å². The van der Waals surface area contributed by atoms with Gasteiger partial charge in [-0.15, -0.1) is 0 Å². The maximum Gasteiger partial charge on any atom is 0.341 e. The second kappa shape index (κ2) is 8.05. The average molecular weight is 308 g/mol. The number of esters is 1. The van der Waals surface area contributed by atoms with Gasteiger partial charge in [-0.1, -0.05) is 0 Å². The highest BCUT2D eigenvalue weighted by molar-refractivity contribution is 5.90. The van der Waals surface area contributed by atoms with Crippen molar-refractivity contribution in [2.75, 3.05) is 38.2 Å². The first-order valence-electron chi connectivity index (χ1n) is 7.74. The lowest BCUT2D eigenvalue weighted by molar-refractivity contribution is 0.0524. The molecule has 7 heteroatoms. The molecular weight excluding hydrogens is 284 g/mol. The Morgan fingerprint density at radius 1 is 1.59 bits per heavy atom. The van der Waals surface area contributed by atoms with Gasteiger partial charge in [-0.3, -0.25) is 4.90 Å². The predicted octanol–water partition coefficient (Wildman–Crippen LogP) is 0.830. The number of aryl methyl sites for hydroxylation is 1. The molecule has 22 heavy (non-hydrogen) atoms. The lowest BCUT2D eigenvalue weighted by atomic mass is 10.1. The van der Waals surface area contributed by atoms with E-state index in [2.05, 4.69) is 20.2 Å². The number of anilines is 1. The Kier molecular flexibility index (Phi) is 6.09. The molecule has 2 rings (SSSR count). The highest BCUT2D eigenvalue weighted by Gasteiger charge is 2.20. The minimum absolute atomic E-state index is 0.177. The van der Waals surface area contributed by atoms with Crippen molar-refractivity contribution in [3.63, 3.8) is 0 Å². The van der Waals surface area contributed by atoms with E-state index in [0.29, 0.717) is 30.4 Å². The van der Waals surface area contributed by atoms with Gasteiger partial charge >= 0.3 is 5.97 Å². The SMILES string of the molecule is CCOC(=O)c1cnc(NC2CCCN(CCO)C2)nc1C. The molecule has 1 aliphatic rings. The van der Waals surface area contributed by atoms with Crippen LogP contribution in [-0.4, -0.2) is 64.8 Å². The quantitative estimate of drug-likeness (QED) is 0.753. The molecule has 1 aromatic rings. The summed E-state index contributed by atoms with van der Waals surface area (Å²) in [6.45, 7) is 6.63. The van der Waals surface area contributed by atoms with E-state index in [1.54, 1.807) is 13.8 Å². The van der Waals surface area contributed by atoms with Gasteiger partial charge in [0.05, 0.1) is 24.5 Å². The molecule has 0 saturated carbocycles. The van der Waals surface area contributed by atoms with Crippen LogP contribution < -0.4 is 5.32 Å². The van der Waals surface area contributed by atoms with Gasteiger partial charge in [0, 0.05) is 25.3 Å². The van der Waals surface area contributed by atoms with Crippen molar-refractivity contribution in [1.29, 1.82) is 0 Å². The first-order valence-corrected chi connectivity index (χ1v) is 7.74. The molecule has 1 fully saturated rings. The lowest BCUT2D eigenvalue weighted by Crippen LogP contribution is -2.43. The van der Waals surface area contributed by atoms with Gasteiger partial charge in [-0.25, -0.2) is 14.8 Å². The number of β-amino-alcohol motifs (C(OH)–C–C–N with tert-alkyl or cyclic N) is 1. The van der Waals surface area contributed by atoms with Crippen LogP contribution in [0.2, 0.25) is 0 Å². The molecule has 2 N–H and O–H groups in total. The Balaban J connectivity index is 1.98. The number of aliphatic hydroxyl groups is 1. The standard InChI is InChI=1S/C15H24N4O3/c1-3-22-14(21)13-9-16-15(17-11(13)2)18-12-5-4-6-19(10-12)7-8-20/h9,12,20H,3-8,10H2,1-2H3,(H,16,17,18). The largest absolute Gasteiger partial charge is 0.462 e. The van der Waals surface area contributed by atoms with E-state index in [9.17, 15) is 4.79 Å². The molecular formula is C15H24N4O3. The summed E-state index contributed by atoms with van der Waals surface area (Å²) in [4.78, 5) is 22.5. The summed E-state index contributed by atoms with van der Waals surface area (Å²) in [5.74, 6) is 0.139. The number of carbonyl (C=O) groups is 1. The van der Waals surface area contributed by atoms with Gasteiger partial charge in [-0.2, -0.15) is 0 Å². The summed E-state index contributed by atoms with van der Waals surface area (Å²) in [5.41, 5.74) is 1.01. The van der Waals surface area contributed by atoms with Crippen molar-refractivity contribution in [3.8, 4) is 0 Å². The number of carbonyl (C=O) groups excluding carboxylic acids is 1. The van der Waals surface area contributed by atoms with Gasteiger partial charge in [0.25, 0.3) is 0 Å². The number of aromatic nitrogens is 2. The van der Waals surface area contributed by atoms with Crippen molar-refractivity contribution >= 4 is 11.9 Å². The fraction of sp³-hybridized carbons (Fsp3) is 0.667. The molecule has 2 heterocycles. The minimum Gasteiger partial charge on any atom is -0.462 e. The Labute approximate surface area is 130 Å². The third kappa shape index (κ3) is 4.38. The molecule has 1 saturated heterocycles. The summed E-state index contributed by atoms with van der Waals surface area (Å²) >= 11 is 0. The Hall–Kier alpha value is -1.73. The van der Waals surface area contributed by atoms with Gasteiger partial charge in [0.1, 0.15) is 0 Å². The zero-order valence-corrected chi connectivity index (χ0v) is 13.2. The highest BCUT2D eigenvalue weighted by Crippen LogP contribution is 2.15. The smallest absolute Gasteiger partial charge is 0.341 e. The average Bonchev–Trinajstić information content (AvgIpc) is 2.48. The highest BCUT2D eigenvalue weighted by atomic mass is 16.5. The first-order chi connectivity index (χ1) is 10.6. The molecule has 1 atom stereocenters. The van der Waals surface area contributed by atoms with Gasteiger partial charge < -0.3 is 15.2 Å². The van der Waals surface area contributed by atoms with Crippen LogP contribution >= 0.6 is 0 Å². The second-order valence-corrected chi connectivity index (χ2v) is 5.42. The third-order valence-electron chi connectivity index (χ3n) is 3.73. The van der Waals surface area contributed by atoms with Crippen LogP contribution in [0.5, 0.6) is 0 Å².